The van der Waals surface area contributed by atoms with Crippen molar-refractivity contribution in [2.24, 2.45) is 0 Å². The van der Waals surface area contributed by atoms with E-state index in [1.165, 1.54) is 12.3 Å². The molecule has 3 rings (SSSR count). The quantitative estimate of drug-likeness (QED) is 0.565. The van der Waals surface area contributed by atoms with Crippen LogP contribution in [-0.2, 0) is 11.3 Å². The third-order valence-electron chi connectivity index (χ3n) is 3.68. The van der Waals surface area contributed by atoms with Gasteiger partial charge in [0.25, 0.3) is 0 Å². The molecule has 8 heteroatoms. The van der Waals surface area contributed by atoms with Crippen LogP contribution in [0.15, 0.2) is 30.5 Å². The summed E-state index contributed by atoms with van der Waals surface area (Å²) < 4.78 is 22.4. The molecule has 0 saturated heterocycles. The smallest absolute Gasteiger partial charge is 0.354 e. The minimum Gasteiger partial charge on any atom is -0.724 e. The van der Waals surface area contributed by atoms with Crippen molar-refractivity contribution >= 4 is 44.7 Å². The van der Waals surface area contributed by atoms with Crippen LogP contribution in [0.4, 0.5) is 5.69 Å². The predicted octanol–water partition coefficient (Wildman–Crippen LogP) is 1.78. The topological polar surface area (TPSA) is 106 Å². The summed E-state index contributed by atoms with van der Waals surface area (Å²) >= 11 is -2.33. The molecule has 0 aliphatic heterocycles. The Bertz CT molecular complexity index is 932. The Kier molecular flexibility index (Phi) is 3.24. The van der Waals surface area contributed by atoms with E-state index in [0.717, 1.165) is 10.9 Å². The summed E-state index contributed by atoms with van der Waals surface area (Å²) in [5.41, 5.74) is 2.01. The average Bonchev–Trinajstić information content (AvgIpc) is 2.83. The number of nitrogens with zero attached hydrogens (tertiary/aromatic N) is 2. The first-order valence-corrected chi connectivity index (χ1v) is 7.43. The highest BCUT2D eigenvalue weighted by molar-refractivity contribution is 7.78. The summed E-state index contributed by atoms with van der Waals surface area (Å²) in [6.07, 6.45) is 1.46. The summed E-state index contributed by atoms with van der Waals surface area (Å²) in [7, 11) is 3.12. The Labute approximate surface area is 128 Å². The highest BCUT2D eigenvalue weighted by Crippen LogP contribution is 2.31. The van der Waals surface area contributed by atoms with Crippen molar-refractivity contribution in [2.45, 2.75) is 0 Å². The largest absolute Gasteiger partial charge is 0.724 e. The summed E-state index contributed by atoms with van der Waals surface area (Å²) in [6.45, 7) is 0. The number of rotatable bonds is 3. The Morgan fingerprint density at radius 3 is 2.59 bits per heavy atom. The first-order chi connectivity index (χ1) is 10.3. The molecule has 0 aliphatic rings. The van der Waals surface area contributed by atoms with Gasteiger partial charge in [-0.2, -0.15) is 0 Å². The van der Waals surface area contributed by atoms with Gasteiger partial charge in [0.15, 0.2) is 11.3 Å². The molecule has 22 heavy (non-hydrogen) atoms. The van der Waals surface area contributed by atoms with Gasteiger partial charge in [-0.25, -0.2) is 17.9 Å². The Hall–Kier alpha value is -2.29. The number of aromatic nitrogens is 2. The third-order valence-corrected chi connectivity index (χ3v) is 4.64. The Morgan fingerprint density at radius 1 is 1.27 bits per heavy atom. The monoisotopic (exact) mass is 319 g/mol. The van der Waals surface area contributed by atoms with E-state index in [2.05, 4.69) is 9.97 Å². The lowest BCUT2D eigenvalue weighted by Gasteiger charge is -2.29. The molecule has 1 aromatic carbocycles. The summed E-state index contributed by atoms with van der Waals surface area (Å²) in [5, 5.41) is 10.5. The lowest BCUT2D eigenvalue weighted by Crippen LogP contribution is -2.41. The van der Waals surface area contributed by atoms with E-state index in [1.54, 1.807) is 32.3 Å². The molecule has 7 nitrogen and oxygen atoms in total. The van der Waals surface area contributed by atoms with Crippen LogP contribution < -0.4 is 3.89 Å². The van der Waals surface area contributed by atoms with E-state index >= 15 is 0 Å². The first kappa shape index (κ1) is 14.6. The average molecular weight is 319 g/mol. The van der Waals surface area contributed by atoms with Crippen LogP contribution >= 0.6 is 0 Å². The van der Waals surface area contributed by atoms with Crippen molar-refractivity contribution in [3.8, 4) is 0 Å². The number of quaternary nitrogens is 1. The number of benzene rings is 1. The number of fused-ring (bicyclic) bond motifs is 3. The van der Waals surface area contributed by atoms with E-state index in [9.17, 15) is 13.6 Å². The molecule has 0 aliphatic carbocycles. The summed E-state index contributed by atoms with van der Waals surface area (Å²) in [5.74, 6) is -1.11. The lowest BCUT2D eigenvalue weighted by atomic mass is 10.1. The fourth-order valence-corrected chi connectivity index (χ4v) is 2.61. The van der Waals surface area contributed by atoms with Gasteiger partial charge in [-0.05, 0) is 12.1 Å². The number of carboxylic acid groups (broad SMARTS) is 1. The third kappa shape index (κ3) is 2.17. The zero-order valence-corrected chi connectivity index (χ0v) is 12.7. The molecule has 0 saturated carbocycles. The number of aromatic carboxylic acids is 1. The van der Waals surface area contributed by atoms with E-state index < -0.39 is 17.2 Å². The molecule has 3 aromatic rings. The maximum atomic E-state index is 11.4. The van der Waals surface area contributed by atoms with Crippen LogP contribution in [0.5, 0.6) is 0 Å². The molecule has 2 heterocycles. The maximum absolute atomic E-state index is 11.4. The van der Waals surface area contributed by atoms with Crippen molar-refractivity contribution < 1.29 is 18.7 Å². The van der Waals surface area contributed by atoms with E-state index in [0.29, 0.717) is 16.6 Å². The van der Waals surface area contributed by atoms with Crippen molar-refractivity contribution in [2.75, 3.05) is 14.1 Å². The number of carbonyl (C=O) groups is 1. The summed E-state index contributed by atoms with van der Waals surface area (Å²) in [6, 6.07) is 6.72. The highest BCUT2D eigenvalue weighted by atomic mass is 32.2. The standard InChI is InChI=1S/C14H13N3O4S/c1-17(2,22(20)21)8-3-4-11-9(5-8)10-6-12(14(18)19)15-7-13(10)16-11/h3-7H,1-2H3,(H2-,15,16,18,19,20,21). The van der Waals surface area contributed by atoms with Gasteiger partial charge in [-0.15, -0.1) is 0 Å². The SMILES string of the molecule is C[N+](C)(c1ccc2[nH]c3cnc(C(=O)O)cc3c2c1)S(=O)[O-]. The van der Waals surface area contributed by atoms with Gasteiger partial charge in [-0.1, -0.05) is 0 Å². The Balaban J connectivity index is 2.30. The lowest BCUT2D eigenvalue weighted by molar-refractivity contribution is 0.0690. The molecule has 114 valence electrons. The minimum atomic E-state index is -2.33. The van der Waals surface area contributed by atoms with Gasteiger partial charge in [-0.3, -0.25) is 0 Å². The van der Waals surface area contributed by atoms with E-state index in [1.807, 2.05) is 0 Å². The second-order valence-corrected chi connectivity index (χ2v) is 6.69. The van der Waals surface area contributed by atoms with Crippen molar-refractivity contribution in [3.05, 3.63) is 36.2 Å². The summed E-state index contributed by atoms with van der Waals surface area (Å²) in [4.78, 5) is 18.1. The van der Waals surface area contributed by atoms with Crippen LogP contribution in [0.25, 0.3) is 21.8 Å². The van der Waals surface area contributed by atoms with Gasteiger partial charge >= 0.3 is 5.97 Å². The van der Waals surface area contributed by atoms with E-state index in [4.69, 9.17) is 5.11 Å². The number of H-pyrrole nitrogens is 1. The highest BCUT2D eigenvalue weighted by Gasteiger charge is 2.22. The number of nitrogens with one attached hydrogen (secondary N) is 1. The van der Waals surface area contributed by atoms with Crippen LogP contribution in [0, 0.1) is 0 Å². The molecule has 0 radical (unpaired) electrons. The molecule has 0 fully saturated rings. The normalized spacial score (nSPS) is 13.6. The molecule has 1 atom stereocenters. The Morgan fingerprint density at radius 2 is 1.95 bits per heavy atom. The minimum absolute atomic E-state index is 0.0556. The van der Waals surface area contributed by atoms with Gasteiger partial charge in [0.1, 0.15) is 11.4 Å². The predicted molar refractivity (Wildman–Crippen MR) is 83.1 cm³/mol. The first-order valence-electron chi connectivity index (χ1n) is 6.40. The van der Waals surface area contributed by atoms with Crippen LogP contribution in [-0.4, -0.2) is 43.9 Å². The number of hydrogen-bond acceptors (Lipinski definition) is 4. The van der Waals surface area contributed by atoms with Crippen molar-refractivity contribution in [1.29, 1.82) is 0 Å². The number of pyridine rings is 1. The van der Waals surface area contributed by atoms with Gasteiger partial charge < -0.3 is 14.6 Å². The number of hydrogen-bond donors (Lipinski definition) is 2. The maximum Gasteiger partial charge on any atom is 0.354 e. The van der Waals surface area contributed by atoms with Crippen LogP contribution in [0.1, 0.15) is 10.5 Å². The molecule has 1 unspecified atom stereocenters. The number of carboxylic acids is 1. The zero-order valence-electron chi connectivity index (χ0n) is 11.9. The molecule has 2 N–H and O–H groups in total. The molecule has 2 aromatic heterocycles. The fourth-order valence-electron chi connectivity index (χ4n) is 2.32. The second kappa shape index (κ2) is 4.87. The fraction of sp³-hybridized carbons (Fsp3) is 0.143. The number of aromatic amines is 1. The molecule has 0 spiro atoms. The molecule has 0 amide bonds. The second-order valence-electron chi connectivity index (χ2n) is 5.34. The van der Waals surface area contributed by atoms with Crippen LogP contribution in [0.3, 0.4) is 0 Å². The van der Waals surface area contributed by atoms with Crippen molar-refractivity contribution in [3.63, 3.8) is 0 Å². The molecule has 0 bridgehead atoms. The van der Waals surface area contributed by atoms with Gasteiger partial charge in [0.05, 0.1) is 25.8 Å². The van der Waals surface area contributed by atoms with Crippen LogP contribution in [0.2, 0.25) is 0 Å². The van der Waals surface area contributed by atoms with E-state index in [-0.39, 0.29) is 9.58 Å². The van der Waals surface area contributed by atoms with Gasteiger partial charge in [0, 0.05) is 28.4 Å². The van der Waals surface area contributed by atoms with Crippen molar-refractivity contribution in [1.82, 2.24) is 13.9 Å². The zero-order chi connectivity index (χ0) is 16.1. The molecular formula is C14H13N3O4S. The van der Waals surface area contributed by atoms with Gasteiger partial charge in [0.2, 0.25) is 0 Å². The molecular weight excluding hydrogens is 306 g/mol.